The third kappa shape index (κ3) is 7.76. The number of thioether (sulfide) groups is 1. The molecular weight excluding hydrogens is 589 g/mol. The molecule has 0 heterocycles. The van der Waals surface area contributed by atoms with Gasteiger partial charge in [-0.1, -0.05) is 71.8 Å². The van der Waals surface area contributed by atoms with Gasteiger partial charge >= 0.3 is 0 Å². The highest BCUT2D eigenvalue weighted by atomic mass is 35.5. The van der Waals surface area contributed by atoms with Gasteiger partial charge in [0.25, 0.3) is 0 Å². The van der Waals surface area contributed by atoms with Crippen LogP contribution in [0.15, 0.2) is 84.9 Å². The van der Waals surface area contributed by atoms with Crippen LogP contribution >= 0.6 is 35.0 Å². The molecule has 0 bridgehead atoms. The van der Waals surface area contributed by atoms with Gasteiger partial charge < -0.3 is 19.7 Å². The van der Waals surface area contributed by atoms with Crippen molar-refractivity contribution in [1.82, 2.24) is 0 Å². The molecule has 41 heavy (non-hydrogen) atoms. The van der Waals surface area contributed by atoms with E-state index in [2.05, 4.69) is 0 Å². The molecule has 2 atom stereocenters. The van der Waals surface area contributed by atoms with Crippen LogP contribution in [-0.2, 0) is 0 Å². The van der Waals surface area contributed by atoms with Gasteiger partial charge in [-0.25, -0.2) is 8.78 Å². The summed E-state index contributed by atoms with van der Waals surface area (Å²) in [5, 5.41) is 19.6. The Kier molecular flexibility index (Phi) is 10.2. The summed E-state index contributed by atoms with van der Waals surface area (Å²) in [5.74, 6) is -0.264. The van der Waals surface area contributed by atoms with Crippen LogP contribution in [0.3, 0.4) is 0 Å². The summed E-state index contributed by atoms with van der Waals surface area (Å²) in [6.45, 7) is 0. The highest BCUT2D eigenvalue weighted by Crippen LogP contribution is 2.47. The number of halogens is 4. The maximum Gasteiger partial charge on any atom is 0.161 e. The Morgan fingerprint density at radius 3 is 1.44 bits per heavy atom. The molecule has 4 aromatic rings. The first-order valence-electron chi connectivity index (χ1n) is 12.3. The largest absolute Gasteiger partial charge is 0.504 e. The van der Waals surface area contributed by atoms with Gasteiger partial charge in [0.05, 0.1) is 24.7 Å². The van der Waals surface area contributed by atoms with Crippen LogP contribution in [-0.4, -0.2) is 24.4 Å². The first-order valence-corrected chi connectivity index (χ1v) is 14.0. The first kappa shape index (κ1) is 30.3. The molecule has 0 fully saturated rings. The van der Waals surface area contributed by atoms with Crippen LogP contribution in [0.5, 0.6) is 23.0 Å². The molecule has 2 unspecified atom stereocenters. The number of ether oxygens (including phenoxy) is 2. The van der Waals surface area contributed by atoms with Crippen LogP contribution < -0.4 is 9.47 Å². The zero-order chi connectivity index (χ0) is 29.5. The number of rotatable bonds is 10. The number of aromatic hydroxyl groups is 2. The number of methoxy groups -OCH3 is 2. The lowest BCUT2D eigenvalue weighted by Gasteiger charge is -2.22. The van der Waals surface area contributed by atoms with Crippen molar-refractivity contribution in [1.29, 1.82) is 0 Å². The van der Waals surface area contributed by atoms with E-state index in [0.29, 0.717) is 22.6 Å². The molecule has 0 aromatic heterocycles. The molecule has 4 aromatic carbocycles. The van der Waals surface area contributed by atoms with E-state index in [-0.39, 0.29) is 21.5 Å². The van der Waals surface area contributed by atoms with Gasteiger partial charge in [0.1, 0.15) is 11.6 Å². The van der Waals surface area contributed by atoms with Crippen molar-refractivity contribution in [2.45, 2.75) is 10.5 Å². The highest BCUT2D eigenvalue weighted by Gasteiger charge is 2.21. The molecular formula is C32H26Cl2F2O4S. The fourth-order valence-electron chi connectivity index (χ4n) is 4.06. The van der Waals surface area contributed by atoms with E-state index in [0.717, 1.165) is 11.1 Å². The number of phenolic OH excluding ortho intramolecular Hbond substituents is 2. The average molecular weight is 616 g/mol. The molecule has 0 aliphatic rings. The second-order valence-electron chi connectivity index (χ2n) is 8.89. The van der Waals surface area contributed by atoms with Crippen molar-refractivity contribution < 1.29 is 28.5 Å². The fraction of sp³-hybridized carbons (Fsp3) is 0.125. The fourth-order valence-corrected chi connectivity index (χ4v) is 6.12. The van der Waals surface area contributed by atoms with E-state index < -0.39 is 22.1 Å². The maximum atomic E-state index is 14.0. The van der Waals surface area contributed by atoms with Crippen molar-refractivity contribution in [3.05, 3.63) is 129 Å². The summed E-state index contributed by atoms with van der Waals surface area (Å²) in [4.78, 5) is 0. The topological polar surface area (TPSA) is 58.9 Å². The number of hydrogen-bond acceptors (Lipinski definition) is 5. The smallest absolute Gasteiger partial charge is 0.161 e. The van der Waals surface area contributed by atoms with Gasteiger partial charge in [0.2, 0.25) is 0 Å². The Morgan fingerprint density at radius 2 is 1.07 bits per heavy atom. The van der Waals surface area contributed by atoms with Gasteiger partial charge in [0, 0.05) is 10.0 Å². The van der Waals surface area contributed by atoms with Crippen molar-refractivity contribution in [3.63, 3.8) is 0 Å². The Morgan fingerprint density at radius 1 is 0.659 bits per heavy atom. The van der Waals surface area contributed by atoms with Crippen LogP contribution in [0.4, 0.5) is 8.78 Å². The standard InChI is InChI=1S/C32H26Cl2F2O4S/c1-39-29-15-19(3-11-27(29)37)5-13-31(23-9-7-21(35)17-25(23)33)41-32(24-10-8-22(36)18-26(24)34)14-6-20-4-12-28(38)30(16-20)40-2/h3-18,31-32,37-38H,1-2H3/b13-5-,14-6-. The molecule has 4 rings (SSSR count). The molecule has 2 N–H and O–H groups in total. The molecule has 0 aliphatic heterocycles. The van der Waals surface area contributed by atoms with E-state index in [1.54, 1.807) is 36.4 Å². The Bertz CT molecular complexity index is 1480. The second-order valence-corrected chi connectivity index (χ2v) is 11.0. The molecule has 0 aliphatic carbocycles. The minimum absolute atomic E-state index is 0.0131. The Labute approximate surface area is 251 Å². The third-order valence-electron chi connectivity index (χ3n) is 6.17. The van der Waals surface area contributed by atoms with Crippen LogP contribution in [0.25, 0.3) is 12.2 Å². The molecule has 0 radical (unpaired) electrons. The van der Waals surface area contributed by atoms with Gasteiger partial charge in [-0.05, 0) is 70.8 Å². The molecule has 0 spiro atoms. The number of benzene rings is 4. The monoisotopic (exact) mass is 614 g/mol. The SMILES string of the molecule is COc1cc(/C=C\C(SC(/C=C\c2ccc(O)c(OC)c2)c2ccc(F)cc2Cl)c2ccc(F)cc2Cl)ccc1O. The summed E-state index contributed by atoms with van der Waals surface area (Å²) < 4.78 is 38.4. The van der Waals surface area contributed by atoms with Gasteiger partial charge in [-0.3, -0.25) is 0 Å². The van der Waals surface area contributed by atoms with Crippen LogP contribution in [0.2, 0.25) is 10.0 Å². The van der Waals surface area contributed by atoms with E-state index in [4.69, 9.17) is 32.7 Å². The second kappa shape index (κ2) is 13.8. The lowest BCUT2D eigenvalue weighted by molar-refractivity contribution is 0.373. The number of hydrogen-bond donors (Lipinski definition) is 2. The molecule has 212 valence electrons. The summed E-state index contributed by atoms with van der Waals surface area (Å²) in [7, 11) is 2.93. The van der Waals surface area contributed by atoms with Crippen LogP contribution in [0, 0.1) is 11.6 Å². The molecule has 0 saturated carbocycles. The third-order valence-corrected chi connectivity index (χ3v) is 8.23. The molecule has 0 saturated heterocycles. The van der Waals surface area contributed by atoms with Crippen molar-refractivity contribution in [2.75, 3.05) is 14.2 Å². The van der Waals surface area contributed by atoms with E-state index in [9.17, 15) is 19.0 Å². The van der Waals surface area contributed by atoms with E-state index in [1.165, 1.54) is 62.4 Å². The first-order chi connectivity index (χ1) is 19.7. The van der Waals surface area contributed by atoms with Gasteiger partial charge in [-0.15, -0.1) is 11.8 Å². The summed E-state index contributed by atoms with van der Waals surface area (Å²) in [6.07, 6.45) is 7.49. The van der Waals surface area contributed by atoms with Crippen molar-refractivity contribution >= 4 is 47.1 Å². The maximum absolute atomic E-state index is 14.0. The lowest BCUT2D eigenvalue weighted by atomic mass is 10.1. The van der Waals surface area contributed by atoms with Crippen molar-refractivity contribution in [3.8, 4) is 23.0 Å². The Balaban J connectivity index is 1.77. The summed E-state index contributed by atoms with van der Waals surface area (Å²) in [5.41, 5.74) is 2.82. The minimum Gasteiger partial charge on any atom is -0.504 e. The highest BCUT2D eigenvalue weighted by molar-refractivity contribution is 8.00. The molecule has 9 heteroatoms. The van der Waals surface area contributed by atoms with Gasteiger partial charge in [0.15, 0.2) is 23.0 Å². The van der Waals surface area contributed by atoms with E-state index in [1.807, 2.05) is 24.3 Å². The summed E-state index contributed by atoms with van der Waals surface area (Å²) >= 11 is 14.5. The Hall–Kier alpha value is -3.65. The van der Waals surface area contributed by atoms with E-state index >= 15 is 0 Å². The van der Waals surface area contributed by atoms with Gasteiger partial charge in [-0.2, -0.15) is 0 Å². The average Bonchev–Trinajstić information content (AvgIpc) is 2.95. The predicted molar refractivity (Wildman–Crippen MR) is 163 cm³/mol. The molecule has 4 nitrogen and oxygen atoms in total. The zero-order valence-electron chi connectivity index (χ0n) is 22.0. The quantitative estimate of drug-likeness (QED) is 0.186. The lowest BCUT2D eigenvalue weighted by Crippen LogP contribution is -1.99. The molecule has 0 amide bonds. The normalized spacial score (nSPS) is 13.0. The van der Waals surface area contributed by atoms with Crippen LogP contribution in [0.1, 0.15) is 32.8 Å². The van der Waals surface area contributed by atoms with Crippen molar-refractivity contribution in [2.24, 2.45) is 0 Å². The predicted octanol–water partition coefficient (Wildman–Crippen LogP) is 9.64. The zero-order valence-corrected chi connectivity index (χ0v) is 24.4. The summed E-state index contributed by atoms with van der Waals surface area (Å²) in [6, 6.07) is 18.3. The number of phenols is 2. The minimum atomic E-state index is -0.464.